The number of fused-ring (bicyclic) bond motifs is 7. The highest BCUT2D eigenvalue weighted by Crippen LogP contribution is 2.78. The molecular weight excluding hydrogens is 388 g/mol. The molecule has 166 valence electrons. The van der Waals surface area contributed by atoms with Gasteiger partial charge in [0.15, 0.2) is 14.1 Å². The van der Waals surface area contributed by atoms with E-state index in [1.54, 1.807) is 6.26 Å². The Bertz CT molecular complexity index is 910. The van der Waals surface area contributed by atoms with Crippen molar-refractivity contribution < 1.29 is 13.6 Å². The van der Waals surface area contributed by atoms with Crippen molar-refractivity contribution >= 4 is 14.1 Å². The number of carbonyl (C=O) groups excluding carboxylic acids is 1. The minimum atomic E-state index is -1.82. The number of hydrogen-bond donors (Lipinski definition) is 0. The topological polar surface area (TPSA) is 39.4 Å². The van der Waals surface area contributed by atoms with Gasteiger partial charge in [-0.15, -0.1) is 0 Å². The van der Waals surface area contributed by atoms with Crippen molar-refractivity contribution in [2.24, 2.45) is 22.7 Å². The number of rotatable bonds is 2. The van der Waals surface area contributed by atoms with Crippen LogP contribution in [0.2, 0.25) is 18.1 Å². The summed E-state index contributed by atoms with van der Waals surface area (Å²) in [6.45, 7) is 19.2. The van der Waals surface area contributed by atoms with Gasteiger partial charge in [0.1, 0.15) is 5.76 Å². The second-order valence-corrected chi connectivity index (χ2v) is 18.0. The van der Waals surface area contributed by atoms with Crippen molar-refractivity contribution in [1.29, 1.82) is 0 Å². The molecule has 4 aliphatic carbocycles. The molecule has 4 aliphatic rings. The van der Waals surface area contributed by atoms with Gasteiger partial charge < -0.3 is 8.84 Å². The smallest absolute Gasteiger partial charge is 0.192 e. The van der Waals surface area contributed by atoms with E-state index in [0.717, 1.165) is 24.2 Å². The molecule has 0 N–H and O–H groups in total. The lowest BCUT2D eigenvalue weighted by Gasteiger charge is -2.61. The highest BCUT2D eigenvalue weighted by molar-refractivity contribution is 6.74. The fraction of sp³-hybridized carbons (Fsp3) is 0.808. The van der Waals surface area contributed by atoms with Crippen LogP contribution in [-0.4, -0.2) is 19.7 Å². The van der Waals surface area contributed by atoms with Gasteiger partial charge in [-0.2, -0.15) is 0 Å². The van der Waals surface area contributed by atoms with Crippen LogP contribution in [0.3, 0.4) is 0 Å². The van der Waals surface area contributed by atoms with Crippen LogP contribution in [-0.2, 0) is 9.84 Å². The van der Waals surface area contributed by atoms with Gasteiger partial charge in [-0.3, -0.25) is 4.79 Å². The van der Waals surface area contributed by atoms with Crippen molar-refractivity contribution in [3.63, 3.8) is 0 Å². The normalized spacial score (nSPS) is 45.3. The van der Waals surface area contributed by atoms with Crippen LogP contribution in [0, 0.1) is 22.7 Å². The van der Waals surface area contributed by atoms with Crippen LogP contribution in [0.5, 0.6) is 0 Å². The summed E-state index contributed by atoms with van der Waals surface area (Å²) in [7, 11) is -1.82. The first-order valence-electron chi connectivity index (χ1n) is 12.0. The first-order chi connectivity index (χ1) is 13.7. The molecule has 0 aliphatic heterocycles. The molecule has 0 saturated heterocycles. The number of furan rings is 1. The van der Waals surface area contributed by atoms with E-state index in [2.05, 4.69) is 54.6 Å². The largest absolute Gasteiger partial charge is 0.468 e. The van der Waals surface area contributed by atoms with Crippen LogP contribution < -0.4 is 0 Å². The van der Waals surface area contributed by atoms with Crippen LogP contribution in [0.4, 0.5) is 0 Å². The van der Waals surface area contributed by atoms with Gasteiger partial charge in [0.2, 0.25) is 0 Å². The maximum Gasteiger partial charge on any atom is 0.192 e. The molecule has 0 amide bonds. The van der Waals surface area contributed by atoms with Crippen LogP contribution in [0.1, 0.15) is 96.2 Å². The van der Waals surface area contributed by atoms with Gasteiger partial charge in [-0.05, 0) is 73.6 Å². The van der Waals surface area contributed by atoms with E-state index in [-0.39, 0.29) is 26.9 Å². The molecule has 0 radical (unpaired) electrons. The van der Waals surface area contributed by atoms with Crippen molar-refractivity contribution in [2.75, 3.05) is 0 Å². The number of ketones is 1. The third kappa shape index (κ3) is 2.38. The second kappa shape index (κ2) is 5.73. The van der Waals surface area contributed by atoms with Gasteiger partial charge >= 0.3 is 0 Å². The van der Waals surface area contributed by atoms with E-state index in [4.69, 9.17) is 8.84 Å². The third-order valence-corrected chi connectivity index (χ3v) is 15.4. The fourth-order valence-corrected chi connectivity index (χ4v) is 9.68. The zero-order valence-corrected chi connectivity index (χ0v) is 21.3. The third-order valence-electron chi connectivity index (χ3n) is 10.8. The number of carbonyl (C=O) groups is 1. The van der Waals surface area contributed by atoms with E-state index >= 15 is 0 Å². The number of hydrogen-bond acceptors (Lipinski definition) is 3. The summed E-state index contributed by atoms with van der Waals surface area (Å²) in [4.78, 5) is 13.0. The molecule has 1 heterocycles. The Kier molecular flexibility index (Phi) is 4.01. The molecule has 3 fully saturated rings. The molecule has 30 heavy (non-hydrogen) atoms. The SMILES string of the molecule is CC(C)(C)[Si](C)(C)O[C@@]12CC[C@]3(C)[C@H]4CC(=O)c5ccoc5[C@]4(C)CC[C@H]3[C@]1(C)C2. The Morgan fingerprint density at radius 2 is 1.80 bits per heavy atom. The van der Waals surface area contributed by atoms with E-state index in [1.165, 1.54) is 19.3 Å². The lowest BCUT2D eigenvalue weighted by atomic mass is 9.43. The Balaban J connectivity index is 1.49. The predicted octanol–water partition coefficient (Wildman–Crippen LogP) is 7.12. The van der Waals surface area contributed by atoms with E-state index in [9.17, 15) is 4.79 Å². The lowest BCUT2D eigenvalue weighted by molar-refractivity contribution is -0.113. The van der Waals surface area contributed by atoms with Gasteiger partial charge in [0, 0.05) is 17.3 Å². The molecule has 5 rings (SSSR count). The first kappa shape index (κ1) is 21.0. The van der Waals surface area contributed by atoms with Crippen LogP contribution in [0.25, 0.3) is 0 Å². The summed E-state index contributed by atoms with van der Waals surface area (Å²) in [5.41, 5.74) is 1.34. The van der Waals surface area contributed by atoms with E-state index in [1.807, 2.05) is 6.07 Å². The zero-order valence-electron chi connectivity index (χ0n) is 20.3. The van der Waals surface area contributed by atoms with Gasteiger partial charge in [0.25, 0.3) is 0 Å². The highest BCUT2D eigenvalue weighted by Gasteiger charge is 2.77. The van der Waals surface area contributed by atoms with Gasteiger partial charge in [-0.25, -0.2) is 0 Å². The molecule has 3 nitrogen and oxygen atoms in total. The molecular formula is C26H40O3Si. The maximum absolute atomic E-state index is 13.0. The van der Waals surface area contributed by atoms with Gasteiger partial charge in [-0.1, -0.05) is 41.5 Å². The Labute approximate surface area is 183 Å². The second-order valence-electron chi connectivity index (χ2n) is 13.3. The summed E-state index contributed by atoms with van der Waals surface area (Å²) < 4.78 is 13.2. The average molecular weight is 429 g/mol. The van der Waals surface area contributed by atoms with Crippen molar-refractivity contribution in [3.05, 3.63) is 23.7 Å². The van der Waals surface area contributed by atoms with Crippen molar-refractivity contribution in [2.45, 2.75) is 109 Å². The molecule has 6 atom stereocenters. The lowest BCUT2D eigenvalue weighted by Crippen LogP contribution is -2.59. The summed E-state index contributed by atoms with van der Waals surface area (Å²) >= 11 is 0. The molecule has 0 bridgehead atoms. The van der Waals surface area contributed by atoms with Crippen LogP contribution in [0.15, 0.2) is 16.7 Å². The Hall–Kier alpha value is -0.873. The quantitative estimate of drug-likeness (QED) is 0.471. The van der Waals surface area contributed by atoms with E-state index < -0.39 is 8.32 Å². The summed E-state index contributed by atoms with van der Waals surface area (Å²) in [6, 6.07) is 1.90. The fourth-order valence-electron chi connectivity index (χ4n) is 7.99. The minimum Gasteiger partial charge on any atom is -0.468 e. The summed E-state index contributed by atoms with van der Waals surface area (Å²) in [6.07, 6.45) is 8.28. The minimum absolute atomic E-state index is 0.0104. The molecule has 1 aromatic rings. The zero-order chi connectivity index (χ0) is 22.0. The summed E-state index contributed by atoms with van der Waals surface area (Å²) in [5.74, 6) is 2.27. The average Bonchev–Trinajstić information content (AvgIpc) is 2.99. The molecule has 0 aromatic carbocycles. The molecule has 3 saturated carbocycles. The predicted molar refractivity (Wildman–Crippen MR) is 122 cm³/mol. The number of Topliss-reactive ketones (excluding diaryl/α,β-unsaturated/α-hetero) is 1. The van der Waals surface area contributed by atoms with Crippen molar-refractivity contribution in [3.8, 4) is 0 Å². The van der Waals surface area contributed by atoms with Crippen LogP contribution >= 0.6 is 0 Å². The van der Waals surface area contributed by atoms with Crippen molar-refractivity contribution in [1.82, 2.24) is 0 Å². The molecule has 4 heteroatoms. The van der Waals surface area contributed by atoms with Gasteiger partial charge in [0.05, 0.1) is 17.4 Å². The van der Waals surface area contributed by atoms with E-state index in [0.29, 0.717) is 24.0 Å². The monoisotopic (exact) mass is 428 g/mol. The molecule has 1 aromatic heterocycles. The standard InChI is InChI=1S/C26H40O3Si/c1-22(2,3)30(7,8)29-26-13-12-23(4)19(25(26,6)16-26)9-11-24(5)20(23)15-18(27)17-10-14-28-21(17)24/h10,14,19-20H,9,11-13,15-16H2,1-8H3/t19-,20-,23+,24-,25+,26-/m1/s1. The maximum atomic E-state index is 13.0. The highest BCUT2D eigenvalue weighted by atomic mass is 28.4. The molecule has 0 spiro atoms. The molecule has 0 unspecified atom stereocenters. The Morgan fingerprint density at radius 3 is 2.47 bits per heavy atom. The summed E-state index contributed by atoms with van der Waals surface area (Å²) in [5, 5.41) is 0.239. The Morgan fingerprint density at radius 1 is 1.10 bits per heavy atom. The first-order valence-corrected chi connectivity index (χ1v) is 14.9.